The van der Waals surface area contributed by atoms with E-state index in [0.29, 0.717) is 0 Å². The van der Waals surface area contributed by atoms with Crippen LogP contribution in [0, 0.1) is 0 Å². The van der Waals surface area contributed by atoms with E-state index in [-0.39, 0.29) is 11.1 Å². The van der Waals surface area contributed by atoms with Crippen molar-refractivity contribution in [1.82, 2.24) is 4.98 Å². The highest BCUT2D eigenvalue weighted by Crippen LogP contribution is 2.44. The third kappa shape index (κ3) is 2.92. The molecule has 2 nitrogen and oxygen atoms in total. The second kappa shape index (κ2) is 5.59. The van der Waals surface area contributed by atoms with Gasteiger partial charge in [0.15, 0.2) is 8.32 Å². The summed E-state index contributed by atoms with van der Waals surface area (Å²) in [6, 6.07) is 6.77. The van der Waals surface area contributed by atoms with Crippen LogP contribution < -0.4 is 0 Å². The van der Waals surface area contributed by atoms with Crippen LogP contribution in [0.3, 0.4) is 0 Å². The minimum Gasteiger partial charge on any atom is -0.410 e. The van der Waals surface area contributed by atoms with Crippen LogP contribution in [0.25, 0.3) is 10.6 Å². The normalized spacial score (nSPS) is 18.5. The molecular weight excluding hydrogens is 306 g/mol. The number of nitrogens with zero attached hydrogens (tertiary/aromatic N) is 1. The van der Waals surface area contributed by atoms with Gasteiger partial charge in [-0.1, -0.05) is 32.9 Å². The van der Waals surface area contributed by atoms with E-state index in [1.54, 1.807) is 11.3 Å². The summed E-state index contributed by atoms with van der Waals surface area (Å²) in [6.45, 7) is 11.6. The molecule has 3 rings (SSSR count). The highest BCUT2D eigenvalue weighted by Gasteiger charge is 2.40. The summed E-state index contributed by atoms with van der Waals surface area (Å²) in [7, 11) is -1.72. The topological polar surface area (TPSA) is 22.1 Å². The Morgan fingerprint density at radius 1 is 1.27 bits per heavy atom. The van der Waals surface area contributed by atoms with Gasteiger partial charge in [-0.2, -0.15) is 0 Å². The van der Waals surface area contributed by atoms with Gasteiger partial charge in [0, 0.05) is 17.1 Å². The summed E-state index contributed by atoms with van der Waals surface area (Å²) in [5.41, 5.74) is 4.07. The molecular formula is C18H25NOSSi. The fraction of sp³-hybridized carbons (Fsp3) is 0.500. The Hall–Kier alpha value is -0.973. The number of thiazole rings is 1. The Labute approximate surface area is 138 Å². The predicted molar refractivity (Wildman–Crippen MR) is 96.9 cm³/mol. The van der Waals surface area contributed by atoms with Gasteiger partial charge in [-0.25, -0.2) is 4.98 Å². The molecule has 4 heteroatoms. The lowest BCUT2D eigenvalue weighted by Crippen LogP contribution is -2.41. The van der Waals surface area contributed by atoms with Crippen molar-refractivity contribution in [2.75, 3.05) is 0 Å². The van der Waals surface area contributed by atoms with E-state index < -0.39 is 8.32 Å². The second-order valence-corrected chi connectivity index (χ2v) is 13.3. The zero-order valence-corrected chi connectivity index (χ0v) is 16.0. The van der Waals surface area contributed by atoms with Crippen molar-refractivity contribution in [2.24, 2.45) is 0 Å². The fourth-order valence-corrected chi connectivity index (χ4v) is 4.68. The molecule has 0 radical (unpaired) electrons. The maximum absolute atomic E-state index is 6.65. The lowest BCUT2D eigenvalue weighted by Gasteiger charge is -2.38. The van der Waals surface area contributed by atoms with Gasteiger partial charge < -0.3 is 4.43 Å². The summed E-state index contributed by atoms with van der Waals surface area (Å²) in [5.74, 6) is 0. The largest absolute Gasteiger partial charge is 0.410 e. The first-order chi connectivity index (χ1) is 10.3. The van der Waals surface area contributed by atoms with Crippen LogP contribution in [0.5, 0.6) is 0 Å². The van der Waals surface area contributed by atoms with Gasteiger partial charge in [0.1, 0.15) is 5.01 Å². The van der Waals surface area contributed by atoms with Crippen molar-refractivity contribution >= 4 is 19.7 Å². The average molecular weight is 332 g/mol. The Kier molecular flexibility index (Phi) is 4.04. The van der Waals surface area contributed by atoms with Crippen LogP contribution in [0.1, 0.15) is 44.4 Å². The van der Waals surface area contributed by atoms with Crippen molar-refractivity contribution in [2.45, 2.75) is 57.8 Å². The van der Waals surface area contributed by atoms with Crippen molar-refractivity contribution in [1.29, 1.82) is 0 Å². The van der Waals surface area contributed by atoms with Gasteiger partial charge in [-0.3, -0.25) is 0 Å². The molecule has 118 valence electrons. The van der Waals surface area contributed by atoms with E-state index in [1.807, 2.05) is 11.6 Å². The number of benzene rings is 1. The number of rotatable bonds is 3. The standard InChI is InChI=1S/C18H25NOSSi/c1-18(2,3)22(4,5)20-16-9-7-13-12-14(6-8-15(13)16)17-19-10-11-21-17/h6,8,10-12,16H,7,9H2,1-5H3. The molecule has 1 aromatic heterocycles. The number of aromatic nitrogens is 1. The van der Waals surface area contributed by atoms with E-state index in [4.69, 9.17) is 4.43 Å². The number of hydrogen-bond donors (Lipinski definition) is 0. The molecule has 0 saturated heterocycles. The average Bonchev–Trinajstić information content (AvgIpc) is 3.06. The molecule has 1 heterocycles. The van der Waals surface area contributed by atoms with Gasteiger partial charge in [0.2, 0.25) is 0 Å². The minimum atomic E-state index is -1.72. The maximum atomic E-state index is 6.65. The minimum absolute atomic E-state index is 0.260. The van der Waals surface area contributed by atoms with Crippen molar-refractivity contribution in [3.05, 3.63) is 40.9 Å². The Morgan fingerprint density at radius 3 is 2.68 bits per heavy atom. The second-order valence-electron chi connectivity index (χ2n) is 7.66. The maximum Gasteiger partial charge on any atom is 0.192 e. The Bertz CT molecular complexity index is 658. The van der Waals surface area contributed by atoms with Gasteiger partial charge in [0.25, 0.3) is 0 Å². The molecule has 0 N–H and O–H groups in total. The van der Waals surface area contributed by atoms with Crippen LogP contribution in [-0.4, -0.2) is 13.3 Å². The molecule has 0 aliphatic heterocycles. The lowest BCUT2D eigenvalue weighted by molar-refractivity contribution is 0.185. The zero-order valence-electron chi connectivity index (χ0n) is 14.1. The van der Waals surface area contributed by atoms with Crippen LogP contribution in [0.4, 0.5) is 0 Å². The van der Waals surface area contributed by atoms with Crippen LogP contribution >= 0.6 is 11.3 Å². The fourth-order valence-electron chi connectivity index (χ4n) is 2.73. The first kappa shape index (κ1) is 15.9. The van der Waals surface area contributed by atoms with Crippen molar-refractivity contribution < 1.29 is 4.43 Å². The van der Waals surface area contributed by atoms with Crippen molar-refractivity contribution in [3.63, 3.8) is 0 Å². The zero-order chi connectivity index (χ0) is 16.0. The van der Waals surface area contributed by atoms with E-state index in [9.17, 15) is 0 Å². The van der Waals surface area contributed by atoms with Gasteiger partial charge in [-0.15, -0.1) is 11.3 Å². The van der Waals surface area contributed by atoms with E-state index in [1.165, 1.54) is 16.7 Å². The molecule has 0 spiro atoms. The third-order valence-electron chi connectivity index (χ3n) is 5.09. The molecule has 0 bridgehead atoms. The van der Waals surface area contributed by atoms with Crippen molar-refractivity contribution in [3.8, 4) is 10.6 Å². The van der Waals surface area contributed by atoms with Crippen LogP contribution in [-0.2, 0) is 10.8 Å². The monoisotopic (exact) mass is 331 g/mol. The molecule has 1 aromatic carbocycles. The lowest BCUT2D eigenvalue weighted by atomic mass is 10.1. The first-order valence-electron chi connectivity index (χ1n) is 7.98. The summed E-state index contributed by atoms with van der Waals surface area (Å²) < 4.78 is 6.65. The van der Waals surface area contributed by atoms with Gasteiger partial charge >= 0.3 is 0 Å². The molecule has 22 heavy (non-hydrogen) atoms. The number of aryl methyl sites for hydroxylation is 1. The molecule has 2 aromatic rings. The van der Waals surface area contributed by atoms with Gasteiger partial charge in [0.05, 0.1) is 6.10 Å². The van der Waals surface area contributed by atoms with E-state index in [0.717, 1.165) is 17.8 Å². The highest BCUT2D eigenvalue weighted by atomic mass is 32.1. The molecule has 1 atom stereocenters. The quantitative estimate of drug-likeness (QED) is 0.661. The first-order valence-corrected chi connectivity index (χ1v) is 11.8. The Balaban J connectivity index is 1.84. The highest BCUT2D eigenvalue weighted by molar-refractivity contribution is 7.13. The molecule has 1 aliphatic carbocycles. The molecule has 0 saturated carbocycles. The van der Waals surface area contributed by atoms with E-state index in [2.05, 4.69) is 57.0 Å². The smallest absolute Gasteiger partial charge is 0.192 e. The van der Waals surface area contributed by atoms with E-state index >= 15 is 0 Å². The van der Waals surface area contributed by atoms with Crippen LogP contribution in [0.15, 0.2) is 29.8 Å². The van der Waals surface area contributed by atoms with Crippen LogP contribution in [0.2, 0.25) is 18.1 Å². The summed E-state index contributed by atoms with van der Waals surface area (Å²) in [5, 5.41) is 3.40. The third-order valence-corrected chi connectivity index (χ3v) is 10.4. The molecule has 1 aliphatic rings. The summed E-state index contributed by atoms with van der Waals surface area (Å²) >= 11 is 1.70. The number of fused-ring (bicyclic) bond motifs is 1. The molecule has 1 unspecified atom stereocenters. The molecule has 0 amide bonds. The summed E-state index contributed by atoms with van der Waals surface area (Å²) in [4.78, 5) is 4.42. The number of hydrogen-bond acceptors (Lipinski definition) is 3. The molecule has 0 fully saturated rings. The predicted octanol–water partition coefficient (Wildman–Crippen LogP) is 5.82. The van der Waals surface area contributed by atoms with Gasteiger partial charge in [-0.05, 0) is 48.2 Å². The Morgan fingerprint density at radius 2 is 2.05 bits per heavy atom. The summed E-state index contributed by atoms with van der Waals surface area (Å²) in [6.07, 6.45) is 4.38. The SMILES string of the molecule is CC(C)(C)[Si](C)(C)OC1CCc2cc(-c3nccs3)ccc21.